The van der Waals surface area contributed by atoms with Crippen LogP contribution in [0.2, 0.25) is 0 Å². The first-order valence-electron chi connectivity index (χ1n) is 4.51. The van der Waals surface area contributed by atoms with E-state index in [0.717, 1.165) is 5.69 Å². The van der Waals surface area contributed by atoms with Crippen LogP contribution in [0.4, 0.5) is 4.79 Å². The fourth-order valence-electron chi connectivity index (χ4n) is 1.22. The van der Waals surface area contributed by atoms with Crippen LogP contribution in [-0.4, -0.2) is 17.3 Å². The number of carbonyl (C=O) groups is 1. The van der Waals surface area contributed by atoms with Gasteiger partial charge in [0, 0.05) is 11.9 Å². The summed E-state index contributed by atoms with van der Waals surface area (Å²) in [5, 5.41) is 0. The van der Waals surface area contributed by atoms with Crippen molar-refractivity contribution in [2.24, 2.45) is 0 Å². The Morgan fingerprint density at radius 1 is 1.62 bits per heavy atom. The summed E-state index contributed by atoms with van der Waals surface area (Å²) in [4.78, 5) is 11.4. The van der Waals surface area contributed by atoms with Crippen molar-refractivity contribution < 1.29 is 9.53 Å². The van der Waals surface area contributed by atoms with Gasteiger partial charge in [0.05, 0.1) is 6.61 Å². The minimum Gasteiger partial charge on any atom is -0.449 e. The summed E-state index contributed by atoms with van der Waals surface area (Å²) in [6, 6.07) is 3.79. The molecule has 0 amide bonds. The van der Waals surface area contributed by atoms with E-state index in [1.165, 1.54) is 0 Å². The Labute approximate surface area is 78.3 Å². The molecule has 0 unspecified atom stereocenters. The Balaban J connectivity index is 2.87. The van der Waals surface area contributed by atoms with Crippen molar-refractivity contribution in [1.29, 1.82) is 0 Å². The average Bonchev–Trinajstić information content (AvgIpc) is 2.52. The molecule has 0 aliphatic rings. The number of nitrogens with zero attached hydrogens (tertiary/aromatic N) is 1. The maximum atomic E-state index is 11.4. The van der Waals surface area contributed by atoms with Gasteiger partial charge in [-0.05, 0) is 25.0 Å². The van der Waals surface area contributed by atoms with Crippen molar-refractivity contribution >= 4 is 6.09 Å². The summed E-state index contributed by atoms with van der Waals surface area (Å²) in [5.41, 5.74) is 0.985. The van der Waals surface area contributed by atoms with Gasteiger partial charge in [-0.2, -0.15) is 0 Å². The van der Waals surface area contributed by atoms with Crippen LogP contribution in [0.1, 0.15) is 32.4 Å². The minimum absolute atomic E-state index is 0.295. The molecule has 0 saturated carbocycles. The van der Waals surface area contributed by atoms with Gasteiger partial charge in [0.25, 0.3) is 0 Å². The second kappa shape index (κ2) is 4.12. The normalized spacial score (nSPS) is 10.5. The molecule has 0 N–H and O–H groups in total. The third-order valence-electron chi connectivity index (χ3n) is 1.84. The van der Waals surface area contributed by atoms with E-state index >= 15 is 0 Å². The van der Waals surface area contributed by atoms with Crippen LogP contribution in [0.3, 0.4) is 0 Å². The lowest BCUT2D eigenvalue weighted by Crippen LogP contribution is -2.15. The lowest BCUT2D eigenvalue weighted by Gasteiger charge is -2.09. The van der Waals surface area contributed by atoms with Gasteiger partial charge < -0.3 is 4.74 Å². The van der Waals surface area contributed by atoms with E-state index in [2.05, 4.69) is 0 Å². The molecule has 0 bridgehead atoms. The Morgan fingerprint density at radius 3 is 2.85 bits per heavy atom. The highest BCUT2D eigenvalue weighted by molar-refractivity contribution is 5.71. The van der Waals surface area contributed by atoms with E-state index in [0.29, 0.717) is 12.5 Å². The summed E-state index contributed by atoms with van der Waals surface area (Å²) in [5.74, 6) is 0.333. The monoisotopic (exact) mass is 181 g/mol. The van der Waals surface area contributed by atoms with Gasteiger partial charge in [-0.1, -0.05) is 13.8 Å². The number of carbonyl (C=O) groups excluding carboxylic acids is 1. The zero-order valence-electron chi connectivity index (χ0n) is 8.28. The predicted octanol–water partition coefficient (Wildman–Crippen LogP) is 2.62. The van der Waals surface area contributed by atoms with Crippen LogP contribution in [-0.2, 0) is 4.74 Å². The van der Waals surface area contributed by atoms with Crippen molar-refractivity contribution in [2.75, 3.05) is 6.61 Å². The molecule has 1 heterocycles. The van der Waals surface area contributed by atoms with E-state index in [4.69, 9.17) is 4.74 Å². The molecule has 1 aromatic heterocycles. The molecule has 0 saturated heterocycles. The molecule has 72 valence electrons. The van der Waals surface area contributed by atoms with Crippen LogP contribution >= 0.6 is 0 Å². The zero-order valence-corrected chi connectivity index (χ0v) is 8.28. The quantitative estimate of drug-likeness (QED) is 0.702. The molecule has 13 heavy (non-hydrogen) atoms. The van der Waals surface area contributed by atoms with Crippen LogP contribution in [0.15, 0.2) is 18.3 Å². The van der Waals surface area contributed by atoms with E-state index < -0.39 is 0 Å². The fourth-order valence-corrected chi connectivity index (χ4v) is 1.22. The Bertz CT molecular complexity index is 289. The van der Waals surface area contributed by atoms with E-state index in [9.17, 15) is 4.79 Å². The second-order valence-corrected chi connectivity index (χ2v) is 3.16. The highest BCUT2D eigenvalue weighted by atomic mass is 16.5. The van der Waals surface area contributed by atoms with Crippen LogP contribution in [0.25, 0.3) is 0 Å². The Hall–Kier alpha value is -1.25. The van der Waals surface area contributed by atoms with Crippen LogP contribution in [0.5, 0.6) is 0 Å². The third-order valence-corrected chi connectivity index (χ3v) is 1.84. The molecule has 3 heteroatoms. The van der Waals surface area contributed by atoms with E-state index in [1.807, 2.05) is 26.0 Å². The van der Waals surface area contributed by atoms with Gasteiger partial charge >= 0.3 is 6.09 Å². The molecule has 0 aliphatic heterocycles. The van der Waals surface area contributed by atoms with E-state index in [-0.39, 0.29) is 6.09 Å². The van der Waals surface area contributed by atoms with Crippen molar-refractivity contribution in [3.63, 3.8) is 0 Å². The Morgan fingerprint density at radius 2 is 2.31 bits per heavy atom. The number of hydrogen-bond donors (Lipinski definition) is 0. The van der Waals surface area contributed by atoms with Crippen molar-refractivity contribution in [3.05, 3.63) is 24.0 Å². The first kappa shape index (κ1) is 9.84. The van der Waals surface area contributed by atoms with Crippen LogP contribution in [0, 0.1) is 0 Å². The van der Waals surface area contributed by atoms with Gasteiger partial charge in [-0.3, -0.25) is 4.57 Å². The smallest absolute Gasteiger partial charge is 0.418 e. The number of hydrogen-bond acceptors (Lipinski definition) is 2. The average molecular weight is 181 g/mol. The maximum absolute atomic E-state index is 11.4. The largest absolute Gasteiger partial charge is 0.449 e. The van der Waals surface area contributed by atoms with Gasteiger partial charge in [-0.25, -0.2) is 4.79 Å². The summed E-state index contributed by atoms with van der Waals surface area (Å²) in [6.07, 6.45) is 1.43. The SMILES string of the molecule is CCOC(=O)n1cccc1C(C)C. The molecule has 3 nitrogen and oxygen atoms in total. The summed E-state index contributed by atoms with van der Waals surface area (Å²) < 4.78 is 6.45. The molecule has 0 atom stereocenters. The number of rotatable bonds is 2. The topological polar surface area (TPSA) is 31.2 Å². The molecule has 1 rings (SSSR count). The summed E-state index contributed by atoms with van der Waals surface area (Å²) in [7, 11) is 0. The predicted molar refractivity (Wildman–Crippen MR) is 50.9 cm³/mol. The molecule has 1 aromatic rings. The summed E-state index contributed by atoms with van der Waals surface area (Å²) in [6.45, 7) is 6.31. The molecular formula is C10H15NO2. The van der Waals surface area contributed by atoms with Gasteiger partial charge in [0.15, 0.2) is 0 Å². The number of ether oxygens (including phenoxy) is 1. The molecule has 0 fully saturated rings. The van der Waals surface area contributed by atoms with Gasteiger partial charge in [-0.15, -0.1) is 0 Å². The van der Waals surface area contributed by atoms with Crippen molar-refractivity contribution in [2.45, 2.75) is 26.7 Å². The highest BCUT2D eigenvalue weighted by Crippen LogP contribution is 2.14. The standard InChI is InChI=1S/C10H15NO2/c1-4-13-10(12)11-7-5-6-9(11)8(2)3/h5-8H,4H2,1-3H3. The van der Waals surface area contributed by atoms with Gasteiger partial charge in [0.2, 0.25) is 0 Å². The minimum atomic E-state index is -0.295. The molecule has 0 aromatic carbocycles. The fraction of sp³-hybridized carbons (Fsp3) is 0.500. The lowest BCUT2D eigenvalue weighted by atomic mass is 10.1. The molecule has 0 spiro atoms. The Kier molecular flexibility index (Phi) is 3.12. The third kappa shape index (κ3) is 2.11. The zero-order chi connectivity index (χ0) is 9.84. The number of aromatic nitrogens is 1. The first-order valence-corrected chi connectivity index (χ1v) is 4.51. The second-order valence-electron chi connectivity index (χ2n) is 3.16. The van der Waals surface area contributed by atoms with Gasteiger partial charge in [0.1, 0.15) is 0 Å². The van der Waals surface area contributed by atoms with Crippen molar-refractivity contribution in [3.8, 4) is 0 Å². The first-order chi connectivity index (χ1) is 6.16. The summed E-state index contributed by atoms with van der Waals surface area (Å²) >= 11 is 0. The highest BCUT2D eigenvalue weighted by Gasteiger charge is 2.11. The van der Waals surface area contributed by atoms with Crippen LogP contribution < -0.4 is 0 Å². The van der Waals surface area contributed by atoms with Crippen molar-refractivity contribution in [1.82, 2.24) is 4.57 Å². The lowest BCUT2D eigenvalue weighted by molar-refractivity contribution is 0.153. The van der Waals surface area contributed by atoms with E-state index in [1.54, 1.807) is 17.7 Å². The molecule has 0 radical (unpaired) electrons. The maximum Gasteiger partial charge on any atom is 0.418 e. The molecule has 0 aliphatic carbocycles. The molecular weight excluding hydrogens is 166 g/mol.